The van der Waals surface area contributed by atoms with Crippen molar-refractivity contribution in [2.24, 2.45) is 5.92 Å². The number of rotatable bonds is 4. The number of alkyl halides is 3. The number of piperidine rings is 1. The molecule has 0 atom stereocenters. The molecule has 1 amide bonds. The van der Waals surface area contributed by atoms with Gasteiger partial charge in [0.05, 0.1) is 11.3 Å². The Balaban J connectivity index is 1.45. The van der Waals surface area contributed by atoms with Gasteiger partial charge in [0.15, 0.2) is 5.11 Å². The van der Waals surface area contributed by atoms with Crippen LogP contribution in [0.25, 0.3) is 0 Å². The SMILES string of the molecule is O=C(NNC(=S)Nc1ccccc1C(F)(F)F)C1CCN(Cc2ccc(F)cc2Cl)CC1. The molecule has 1 heterocycles. The first-order chi connectivity index (χ1) is 15.1. The number of para-hydroxylation sites is 1. The zero-order valence-corrected chi connectivity index (χ0v) is 18.4. The summed E-state index contributed by atoms with van der Waals surface area (Å²) in [5, 5.41) is 2.67. The summed E-state index contributed by atoms with van der Waals surface area (Å²) in [5.41, 5.74) is 4.66. The van der Waals surface area contributed by atoms with Crippen molar-refractivity contribution in [3.05, 3.63) is 64.4 Å². The van der Waals surface area contributed by atoms with Crippen LogP contribution in [0.15, 0.2) is 42.5 Å². The Morgan fingerprint density at radius 1 is 1.12 bits per heavy atom. The van der Waals surface area contributed by atoms with Gasteiger partial charge in [-0.3, -0.25) is 20.5 Å². The molecule has 32 heavy (non-hydrogen) atoms. The molecule has 0 radical (unpaired) electrons. The maximum Gasteiger partial charge on any atom is 0.418 e. The molecule has 5 nitrogen and oxygen atoms in total. The minimum atomic E-state index is -4.53. The van der Waals surface area contributed by atoms with E-state index in [1.54, 1.807) is 6.07 Å². The van der Waals surface area contributed by atoms with Gasteiger partial charge in [0.1, 0.15) is 5.82 Å². The number of thiocarbonyl (C=S) groups is 1. The second kappa shape index (κ2) is 10.5. The standard InChI is InChI=1S/C21H21ClF4N4OS/c22-17-11-15(23)6-5-14(17)12-30-9-7-13(8-10-30)19(31)28-29-20(32)27-18-4-2-1-3-16(18)21(24,25)26/h1-6,11,13H,7-10,12H2,(H,28,31)(H2,27,29,32). The van der Waals surface area contributed by atoms with Crippen LogP contribution in [-0.4, -0.2) is 29.0 Å². The Morgan fingerprint density at radius 2 is 1.81 bits per heavy atom. The molecule has 0 aliphatic carbocycles. The van der Waals surface area contributed by atoms with Crippen molar-refractivity contribution in [1.82, 2.24) is 15.8 Å². The number of halogens is 5. The highest BCUT2D eigenvalue weighted by molar-refractivity contribution is 7.80. The highest BCUT2D eigenvalue weighted by atomic mass is 35.5. The number of hydrogen-bond acceptors (Lipinski definition) is 3. The average Bonchev–Trinajstić information content (AvgIpc) is 2.74. The normalized spacial score (nSPS) is 15.3. The first-order valence-corrected chi connectivity index (χ1v) is 10.6. The lowest BCUT2D eigenvalue weighted by Gasteiger charge is -2.31. The monoisotopic (exact) mass is 488 g/mol. The minimum Gasteiger partial charge on any atom is -0.331 e. The van der Waals surface area contributed by atoms with Crippen LogP contribution in [0.3, 0.4) is 0 Å². The molecule has 0 bridgehead atoms. The van der Waals surface area contributed by atoms with E-state index < -0.39 is 17.6 Å². The smallest absolute Gasteiger partial charge is 0.331 e. The van der Waals surface area contributed by atoms with Crippen molar-refractivity contribution in [1.29, 1.82) is 0 Å². The second-order valence-electron chi connectivity index (χ2n) is 7.40. The quantitative estimate of drug-likeness (QED) is 0.330. The van der Waals surface area contributed by atoms with Crippen molar-refractivity contribution in [3.8, 4) is 0 Å². The largest absolute Gasteiger partial charge is 0.418 e. The molecular weight excluding hydrogens is 468 g/mol. The van der Waals surface area contributed by atoms with E-state index in [2.05, 4.69) is 21.1 Å². The summed E-state index contributed by atoms with van der Waals surface area (Å²) in [5.74, 6) is -0.957. The number of hydrogen-bond donors (Lipinski definition) is 3. The van der Waals surface area contributed by atoms with E-state index in [0.29, 0.717) is 37.5 Å². The minimum absolute atomic E-state index is 0.154. The first-order valence-electron chi connectivity index (χ1n) is 9.83. The fourth-order valence-electron chi connectivity index (χ4n) is 3.46. The van der Waals surface area contributed by atoms with Crippen molar-refractivity contribution >= 4 is 40.5 Å². The number of carbonyl (C=O) groups is 1. The lowest BCUT2D eigenvalue weighted by atomic mass is 9.96. The second-order valence-corrected chi connectivity index (χ2v) is 8.21. The van der Waals surface area contributed by atoms with E-state index in [1.807, 2.05) is 0 Å². The van der Waals surface area contributed by atoms with Crippen molar-refractivity contribution < 1.29 is 22.4 Å². The molecule has 1 fully saturated rings. The zero-order valence-electron chi connectivity index (χ0n) is 16.8. The van der Waals surface area contributed by atoms with E-state index in [4.69, 9.17) is 23.8 Å². The third-order valence-electron chi connectivity index (χ3n) is 5.15. The molecule has 2 aromatic rings. The van der Waals surface area contributed by atoms with E-state index in [1.165, 1.54) is 30.3 Å². The summed E-state index contributed by atoms with van der Waals surface area (Å²) in [6.45, 7) is 1.85. The van der Waals surface area contributed by atoms with Gasteiger partial charge in [0.25, 0.3) is 0 Å². The predicted molar refractivity (Wildman–Crippen MR) is 118 cm³/mol. The number of nitrogens with one attached hydrogen (secondary N) is 3. The van der Waals surface area contributed by atoms with Crippen LogP contribution in [0.1, 0.15) is 24.0 Å². The predicted octanol–water partition coefficient (Wildman–Crippen LogP) is 4.73. The molecule has 1 aliphatic heterocycles. The Bertz CT molecular complexity index is 981. The summed E-state index contributed by atoms with van der Waals surface area (Å²) in [6, 6.07) is 9.20. The molecule has 3 rings (SSSR count). The molecule has 11 heteroatoms. The molecule has 0 aromatic heterocycles. The number of anilines is 1. The van der Waals surface area contributed by atoms with E-state index >= 15 is 0 Å². The number of hydrazine groups is 1. The van der Waals surface area contributed by atoms with Gasteiger partial charge in [0.2, 0.25) is 5.91 Å². The number of carbonyl (C=O) groups excluding carboxylic acids is 1. The zero-order chi connectivity index (χ0) is 23.3. The van der Waals surface area contributed by atoms with Gasteiger partial charge in [-0.25, -0.2) is 4.39 Å². The highest BCUT2D eigenvalue weighted by Crippen LogP contribution is 2.34. The fraction of sp³-hybridized carbons (Fsp3) is 0.333. The molecule has 2 aromatic carbocycles. The molecule has 0 unspecified atom stereocenters. The van der Waals surface area contributed by atoms with Gasteiger partial charge in [-0.2, -0.15) is 13.2 Å². The summed E-state index contributed by atoms with van der Waals surface area (Å²) < 4.78 is 52.4. The van der Waals surface area contributed by atoms with Gasteiger partial charge < -0.3 is 5.32 Å². The van der Waals surface area contributed by atoms with Crippen LogP contribution < -0.4 is 16.2 Å². The van der Waals surface area contributed by atoms with E-state index in [-0.39, 0.29) is 22.6 Å². The number of likely N-dealkylation sites (tertiary alicyclic amines) is 1. The lowest BCUT2D eigenvalue weighted by molar-refractivity contribution is -0.137. The lowest BCUT2D eigenvalue weighted by Crippen LogP contribution is -2.48. The van der Waals surface area contributed by atoms with Crippen molar-refractivity contribution in [3.63, 3.8) is 0 Å². The van der Waals surface area contributed by atoms with Crippen LogP contribution in [-0.2, 0) is 17.5 Å². The maximum absolute atomic E-state index is 13.2. The van der Waals surface area contributed by atoms with Crippen molar-refractivity contribution in [2.45, 2.75) is 25.6 Å². The van der Waals surface area contributed by atoms with E-state index in [9.17, 15) is 22.4 Å². The molecule has 172 valence electrons. The Hall–Kier alpha value is -2.43. The van der Waals surface area contributed by atoms with Gasteiger partial charge in [0, 0.05) is 17.5 Å². The Labute approximate surface area is 193 Å². The first kappa shape index (κ1) is 24.2. The van der Waals surface area contributed by atoms with Crippen LogP contribution in [0, 0.1) is 11.7 Å². The summed E-state index contributed by atoms with van der Waals surface area (Å²) >= 11 is 11.1. The summed E-state index contributed by atoms with van der Waals surface area (Å²) in [4.78, 5) is 14.5. The van der Waals surface area contributed by atoms with Crippen LogP contribution in [0.2, 0.25) is 5.02 Å². The van der Waals surface area contributed by atoms with Crippen LogP contribution >= 0.6 is 23.8 Å². The Morgan fingerprint density at radius 3 is 2.47 bits per heavy atom. The molecule has 1 saturated heterocycles. The number of amides is 1. The third kappa shape index (κ3) is 6.54. The van der Waals surface area contributed by atoms with Gasteiger partial charge >= 0.3 is 6.18 Å². The van der Waals surface area contributed by atoms with Gasteiger partial charge in [-0.1, -0.05) is 29.8 Å². The number of nitrogens with zero attached hydrogens (tertiary/aromatic N) is 1. The average molecular weight is 489 g/mol. The fourth-order valence-corrected chi connectivity index (χ4v) is 3.85. The van der Waals surface area contributed by atoms with E-state index in [0.717, 1.165) is 11.6 Å². The molecular formula is C21H21ClF4N4OS. The molecule has 0 saturated carbocycles. The highest BCUT2D eigenvalue weighted by Gasteiger charge is 2.33. The summed E-state index contributed by atoms with van der Waals surface area (Å²) in [7, 11) is 0. The summed E-state index contributed by atoms with van der Waals surface area (Å²) in [6.07, 6.45) is -3.36. The van der Waals surface area contributed by atoms with Crippen LogP contribution in [0.4, 0.5) is 23.2 Å². The topological polar surface area (TPSA) is 56.4 Å². The molecule has 0 spiro atoms. The Kier molecular flexibility index (Phi) is 7.91. The van der Waals surface area contributed by atoms with Gasteiger partial charge in [-0.05, 0) is 68.0 Å². The number of benzene rings is 2. The van der Waals surface area contributed by atoms with Crippen LogP contribution in [0.5, 0.6) is 0 Å². The maximum atomic E-state index is 13.2. The van der Waals surface area contributed by atoms with Crippen molar-refractivity contribution in [2.75, 3.05) is 18.4 Å². The third-order valence-corrected chi connectivity index (χ3v) is 5.70. The molecule has 3 N–H and O–H groups in total. The molecule has 1 aliphatic rings. The van der Waals surface area contributed by atoms with Gasteiger partial charge in [-0.15, -0.1) is 0 Å².